The van der Waals surface area contributed by atoms with Crippen molar-refractivity contribution < 1.29 is 19.4 Å². The van der Waals surface area contributed by atoms with Gasteiger partial charge in [0.25, 0.3) is 0 Å². The quantitative estimate of drug-likeness (QED) is 0.752. The molecular formula is C23H36O4. The molecule has 0 saturated heterocycles. The monoisotopic (exact) mass is 376 g/mol. The van der Waals surface area contributed by atoms with Crippen LogP contribution in [0.4, 0.5) is 0 Å². The molecule has 0 radical (unpaired) electrons. The van der Waals surface area contributed by atoms with Crippen molar-refractivity contribution in [2.24, 2.45) is 40.4 Å². The Balaban J connectivity index is 1.52. The number of carbonyl (C=O) groups is 2. The van der Waals surface area contributed by atoms with Crippen LogP contribution < -0.4 is 0 Å². The van der Waals surface area contributed by atoms with Crippen LogP contribution in [-0.4, -0.2) is 29.6 Å². The highest BCUT2D eigenvalue weighted by Crippen LogP contribution is 2.67. The van der Waals surface area contributed by atoms with Crippen LogP contribution in [0.3, 0.4) is 0 Å². The SMILES string of the molecule is CC(=O)OCC(=O)C1CC[C@H]2[C@@H]3CC[C@@H]4C[C@@H](O)CC[C@]4(C)[C@H]3CC[C@]12C. The molecule has 0 amide bonds. The van der Waals surface area contributed by atoms with Crippen LogP contribution >= 0.6 is 0 Å². The number of rotatable bonds is 3. The highest BCUT2D eigenvalue weighted by Gasteiger charge is 2.61. The summed E-state index contributed by atoms with van der Waals surface area (Å²) in [5.41, 5.74) is 0.457. The largest absolute Gasteiger partial charge is 0.458 e. The van der Waals surface area contributed by atoms with Crippen molar-refractivity contribution in [2.75, 3.05) is 6.61 Å². The first-order valence-corrected chi connectivity index (χ1v) is 11.1. The normalized spacial score (nSPS) is 48.9. The summed E-state index contributed by atoms with van der Waals surface area (Å²) in [5, 5.41) is 10.2. The lowest BCUT2D eigenvalue weighted by atomic mass is 9.44. The third-order valence-electron chi connectivity index (χ3n) is 9.44. The molecule has 0 aromatic heterocycles. The summed E-state index contributed by atoms with van der Waals surface area (Å²) in [6, 6.07) is 0. The van der Waals surface area contributed by atoms with Gasteiger partial charge in [-0.1, -0.05) is 13.8 Å². The Morgan fingerprint density at radius 1 is 0.963 bits per heavy atom. The second-order valence-electron chi connectivity index (χ2n) is 10.5. The van der Waals surface area contributed by atoms with E-state index in [1.165, 1.54) is 26.2 Å². The molecule has 0 aromatic rings. The molecule has 1 N–H and O–H groups in total. The van der Waals surface area contributed by atoms with Gasteiger partial charge in [0.15, 0.2) is 5.78 Å². The van der Waals surface area contributed by atoms with Gasteiger partial charge in [0, 0.05) is 12.8 Å². The van der Waals surface area contributed by atoms with Gasteiger partial charge < -0.3 is 9.84 Å². The summed E-state index contributed by atoms with van der Waals surface area (Å²) in [6.45, 7) is 6.17. The van der Waals surface area contributed by atoms with Gasteiger partial charge in [0.05, 0.1) is 6.10 Å². The molecule has 4 aliphatic rings. The van der Waals surface area contributed by atoms with Crippen LogP contribution in [0.25, 0.3) is 0 Å². The molecule has 27 heavy (non-hydrogen) atoms. The Morgan fingerprint density at radius 2 is 1.67 bits per heavy atom. The second kappa shape index (κ2) is 6.86. The number of hydrogen-bond donors (Lipinski definition) is 1. The van der Waals surface area contributed by atoms with Gasteiger partial charge in [-0.15, -0.1) is 0 Å². The fourth-order valence-corrected chi connectivity index (χ4v) is 8.04. The smallest absolute Gasteiger partial charge is 0.303 e. The fraction of sp³-hybridized carbons (Fsp3) is 0.913. The molecule has 4 aliphatic carbocycles. The number of Topliss-reactive ketones (excluding diaryl/α,β-unsaturated/α-hetero) is 1. The maximum Gasteiger partial charge on any atom is 0.303 e. The first-order chi connectivity index (χ1) is 12.8. The molecule has 4 nitrogen and oxygen atoms in total. The number of esters is 1. The summed E-state index contributed by atoms with van der Waals surface area (Å²) in [5.74, 6) is 2.62. The molecule has 4 saturated carbocycles. The van der Waals surface area contributed by atoms with Crippen molar-refractivity contribution in [3.8, 4) is 0 Å². The Bertz CT molecular complexity index is 615. The zero-order chi connectivity index (χ0) is 19.4. The summed E-state index contributed by atoms with van der Waals surface area (Å²) >= 11 is 0. The lowest BCUT2D eigenvalue weighted by Gasteiger charge is -2.60. The summed E-state index contributed by atoms with van der Waals surface area (Å²) < 4.78 is 5.03. The van der Waals surface area contributed by atoms with E-state index < -0.39 is 0 Å². The van der Waals surface area contributed by atoms with E-state index in [1.807, 2.05) is 0 Å². The van der Waals surface area contributed by atoms with Gasteiger partial charge >= 0.3 is 5.97 Å². The van der Waals surface area contributed by atoms with E-state index in [2.05, 4.69) is 13.8 Å². The maximum atomic E-state index is 12.8. The van der Waals surface area contributed by atoms with Crippen molar-refractivity contribution in [3.05, 3.63) is 0 Å². The van der Waals surface area contributed by atoms with Crippen LogP contribution in [-0.2, 0) is 14.3 Å². The molecule has 1 unspecified atom stereocenters. The molecule has 152 valence electrons. The minimum Gasteiger partial charge on any atom is -0.458 e. The first kappa shape index (κ1) is 19.4. The minimum atomic E-state index is -0.363. The summed E-state index contributed by atoms with van der Waals surface area (Å²) in [4.78, 5) is 23.9. The van der Waals surface area contributed by atoms with Gasteiger partial charge in [-0.05, 0) is 92.3 Å². The molecule has 4 fully saturated rings. The zero-order valence-corrected chi connectivity index (χ0v) is 17.2. The molecule has 8 atom stereocenters. The molecule has 0 heterocycles. The van der Waals surface area contributed by atoms with Gasteiger partial charge in [-0.3, -0.25) is 9.59 Å². The number of hydrogen-bond acceptors (Lipinski definition) is 4. The van der Waals surface area contributed by atoms with E-state index in [0.717, 1.165) is 50.4 Å². The van der Waals surface area contributed by atoms with E-state index in [4.69, 9.17) is 4.74 Å². The number of aliphatic hydroxyl groups excluding tert-OH is 1. The predicted molar refractivity (Wildman–Crippen MR) is 103 cm³/mol. The van der Waals surface area contributed by atoms with Crippen molar-refractivity contribution in [3.63, 3.8) is 0 Å². The molecular weight excluding hydrogens is 340 g/mol. The van der Waals surface area contributed by atoms with E-state index in [0.29, 0.717) is 17.3 Å². The standard InChI is InChI=1S/C23H36O4/c1-14(24)27-13-21(26)20-7-6-18-17-5-4-15-12-16(25)8-10-22(15,2)19(17)9-11-23(18,20)3/h15-20,25H,4-13H2,1-3H3/t15-,16+,17+,18+,19+,20?,22+,23+/m1/s1. The first-order valence-electron chi connectivity index (χ1n) is 11.1. The van der Waals surface area contributed by atoms with Crippen molar-refractivity contribution >= 4 is 11.8 Å². The third-order valence-corrected chi connectivity index (χ3v) is 9.44. The van der Waals surface area contributed by atoms with Crippen LogP contribution in [0, 0.1) is 40.4 Å². The topological polar surface area (TPSA) is 63.6 Å². The number of ether oxygens (including phenoxy) is 1. The average Bonchev–Trinajstić information content (AvgIpc) is 2.97. The lowest BCUT2D eigenvalue weighted by molar-refractivity contribution is -0.151. The van der Waals surface area contributed by atoms with E-state index in [9.17, 15) is 14.7 Å². The highest BCUT2D eigenvalue weighted by molar-refractivity contribution is 5.85. The van der Waals surface area contributed by atoms with Crippen LogP contribution in [0.2, 0.25) is 0 Å². The Labute approximate surface area is 163 Å². The predicted octanol–water partition coefficient (Wildman–Crippen LogP) is 4.14. The van der Waals surface area contributed by atoms with Gasteiger partial charge in [0.2, 0.25) is 0 Å². The molecule has 4 heteroatoms. The maximum absolute atomic E-state index is 12.8. The highest BCUT2D eigenvalue weighted by atomic mass is 16.5. The summed E-state index contributed by atoms with van der Waals surface area (Å²) in [6.07, 6.45) is 9.99. The summed E-state index contributed by atoms with van der Waals surface area (Å²) in [7, 11) is 0. The van der Waals surface area contributed by atoms with Crippen molar-refractivity contribution in [1.82, 2.24) is 0 Å². The molecule has 0 aromatic carbocycles. The van der Waals surface area contributed by atoms with E-state index in [-0.39, 0.29) is 35.8 Å². The second-order valence-corrected chi connectivity index (χ2v) is 10.5. The van der Waals surface area contributed by atoms with Gasteiger partial charge in [0.1, 0.15) is 6.61 Å². The molecule has 0 spiro atoms. The van der Waals surface area contributed by atoms with Crippen molar-refractivity contribution in [1.29, 1.82) is 0 Å². The van der Waals surface area contributed by atoms with Crippen LogP contribution in [0.1, 0.15) is 78.6 Å². The number of aliphatic hydroxyl groups is 1. The Kier molecular flexibility index (Phi) is 4.93. The fourth-order valence-electron chi connectivity index (χ4n) is 8.04. The van der Waals surface area contributed by atoms with Crippen LogP contribution in [0.15, 0.2) is 0 Å². The number of carbonyl (C=O) groups excluding carboxylic acids is 2. The zero-order valence-electron chi connectivity index (χ0n) is 17.2. The number of ketones is 1. The Hall–Kier alpha value is -0.900. The molecule has 0 bridgehead atoms. The third kappa shape index (κ3) is 3.07. The van der Waals surface area contributed by atoms with E-state index in [1.54, 1.807) is 0 Å². The van der Waals surface area contributed by atoms with Crippen molar-refractivity contribution in [2.45, 2.75) is 84.7 Å². The van der Waals surface area contributed by atoms with Gasteiger partial charge in [-0.2, -0.15) is 0 Å². The average molecular weight is 377 g/mol. The molecule has 0 aliphatic heterocycles. The minimum absolute atomic E-state index is 0.0475. The number of fused-ring (bicyclic) bond motifs is 5. The lowest BCUT2D eigenvalue weighted by Crippen LogP contribution is -2.54. The van der Waals surface area contributed by atoms with E-state index >= 15 is 0 Å². The Morgan fingerprint density at radius 3 is 2.41 bits per heavy atom. The van der Waals surface area contributed by atoms with Gasteiger partial charge in [-0.25, -0.2) is 0 Å². The van der Waals surface area contributed by atoms with Crippen LogP contribution in [0.5, 0.6) is 0 Å². The molecule has 4 rings (SSSR count).